The molecule has 0 fully saturated rings. The Morgan fingerprint density at radius 2 is 1.91 bits per heavy atom. The van der Waals surface area contributed by atoms with E-state index in [9.17, 15) is 9.90 Å². The quantitative estimate of drug-likeness (QED) is 0.552. The Kier molecular flexibility index (Phi) is 5.75. The van der Waals surface area contributed by atoms with Crippen molar-refractivity contribution in [2.24, 2.45) is 0 Å². The van der Waals surface area contributed by atoms with Gasteiger partial charge in [-0.05, 0) is 24.5 Å². The highest BCUT2D eigenvalue weighted by Gasteiger charge is 2.15. The number of aromatic nitrogens is 2. The minimum atomic E-state index is -1.13. The van der Waals surface area contributed by atoms with E-state index < -0.39 is 5.97 Å². The second-order valence-corrected chi connectivity index (χ2v) is 5.57. The summed E-state index contributed by atoms with van der Waals surface area (Å²) in [4.78, 5) is 10.8. The maximum Gasteiger partial charge on any atom is 0.256 e. The molecule has 2 rings (SSSR count). The molecule has 0 aliphatic carbocycles. The SMILES string of the molecule is CCCCCc1n(CC)cc[n+]1Cc1ccc(C(=O)[O-])cc1. The Balaban J connectivity index is 2.14. The minimum Gasteiger partial charge on any atom is -0.545 e. The van der Waals surface area contributed by atoms with Crippen LogP contribution in [0.2, 0.25) is 0 Å². The number of nitrogens with zero attached hydrogens (tertiary/aromatic N) is 2. The lowest BCUT2D eigenvalue weighted by Gasteiger charge is -2.06. The van der Waals surface area contributed by atoms with Gasteiger partial charge >= 0.3 is 0 Å². The van der Waals surface area contributed by atoms with E-state index in [0.29, 0.717) is 0 Å². The molecule has 0 aliphatic rings. The van der Waals surface area contributed by atoms with Gasteiger partial charge in [-0.2, -0.15) is 0 Å². The Morgan fingerprint density at radius 3 is 2.50 bits per heavy atom. The summed E-state index contributed by atoms with van der Waals surface area (Å²) >= 11 is 0. The van der Waals surface area contributed by atoms with E-state index in [1.807, 2.05) is 12.1 Å². The second-order valence-electron chi connectivity index (χ2n) is 5.57. The molecule has 0 amide bonds. The number of benzene rings is 1. The van der Waals surface area contributed by atoms with Crippen LogP contribution < -0.4 is 9.67 Å². The number of hydrogen-bond donors (Lipinski definition) is 0. The molecule has 0 saturated heterocycles. The molecule has 0 bridgehead atoms. The summed E-state index contributed by atoms with van der Waals surface area (Å²) in [5.41, 5.74) is 1.32. The number of aromatic carboxylic acids is 1. The van der Waals surface area contributed by atoms with Gasteiger partial charge in [0.05, 0.1) is 12.5 Å². The average molecular weight is 300 g/mol. The number of aryl methyl sites for hydroxylation is 1. The van der Waals surface area contributed by atoms with Crippen LogP contribution >= 0.6 is 0 Å². The van der Waals surface area contributed by atoms with Crippen LogP contribution in [0.4, 0.5) is 0 Å². The Hall–Kier alpha value is -2.10. The molecular formula is C18H24N2O2. The first kappa shape index (κ1) is 16.3. The van der Waals surface area contributed by atoms with Crippen molar-refractivity contribution >= 4 is 5.97 Å². The van der Waals surface area contributed by atoms with Crippen molar-refractivity contribution < 1.29 is 14.5 Å². The lowest BCUT2D eigenvalue weighted by Crippen LogP contribution is -2.37. The van der Waals surface area contributed by atoms with E-state index in [-0.39, 0.29) is 5.56 Å². The number of hydrogen-bond acceptors (Lipinski definition) is 2. The summed E-state index contributed by atoms with van der Waals surface area (Å²) in [5, 5.41) is 10.8. The molecule has 0 radical (unpaired) electrons. The van der Waals surface area contributed by atoms with Crippen LogP contribution in [-0.4, -0.2) is 10.5 Å². The molecule has 118 valence electrons. The summed E-state index contributed by atoms with van der Waals surface area (Å²) in [6, 6.07) is 6.94. The van der Waals surface area contributed by atoms with E-state index in [1.165, 1.54) is 25.1 Å². The Morgan fingerprint density at radius 1 is 1.18 bits per heavy atom. The third-order valence-electron chi connectivity index (χ3n) is 3.98. The molecule has 0 spiro atoms. The molecule has 4 nitrogen and oxygen atoms in total. The highest BCUT2D eigenvalue weighted by molar-refractivity contribution is 5.85. The van der Waals surface area contributed by atoms with Crippen LogP contribution in [0, 0.1) is 0 Å². The molecule has 1 aromatic heterocycles. The maximum absolute atomic E-state index is 10.8. The summed E-state index contributed by atoms with van der Waals surface area (Å²) in [5.74, 6) is 0.205. The van der Waals surface area contributed by atoms with Crippen molar-refractivity contribution in [1.82, 2.24) is 4.57 Å². The number of carboxylic acids is 1. The number of unbranched alkanes of at least 4 members (excludes halogenated alkanes) is 2. The monoisotopic (exact) mass is 300 g/mol. The van der Waals surface area contributed by atoms with Crippen LogP contribution in [0.3, 0.4) is 0 Å². The van der Waals surface area contributed by atoms with Crippen LogP contribution in [0.25, 0.3) is 0 Å². The van der Waals surface area contributed by atoms with Crippen molar-refractivity contribution in [3.8, 4) is 0 Å². The number of carbonyl (C=O) groups is 1. The van der Waals surface area contributed by atoms with Gasteiger partial charge in [0.25, 0.3) is 5.82 Å². The van der Waals surface area contributed by atoms with E-state index in [2.05, 4.69) is 35.4 Å². The van der Waals surface area contributed by atoms with Gasteiger partial charge in [-0.1, -0.05) is 44.0 Å². The number of rotatable bonds is 8. The molecule has 1 heterocycles. The molecule has 4 heteroatoms. The van der Waals surface area contributed by atoms with Crippen LogP contribution in [0.5, 0.6) is 0 Å². The van der Waals surface area contributed by atoms with Gasteiger partial charge in [0.1, 0.15) is 18.9 Å². The zero-order valence-electron chi connectivity index (χ0n) is 13.4. The first-order valence-electron chi connectivity index (χ1n) is 8.03. The summed E-state index contributed by atoms with van der Waals surface area (Å²) in [7, 11) is 0. The molecular weight excluding hydrogens is 276 g/mol. The van der Waals surface area contributed by atoms with Gasteiger partial charge in [0.15, 0.2) is 0 Å². The average Bonchev–Trinajstić information content (AvgIpc) is 2.90. The standard InChI is InChI=1S/C18H24N2O2/c1-3-5-6-7-17-19(4-2)12-13-20(17)14-15-8-10-16(11-9-15)18(21)22/h8-13H,3-7,14H2,1-2H3. The zero-order chi connectivity index (χ0) is 15.9. The molecule has 1 aromatic carbocycles. The van der Waals surface area contributed by atoms with Crippen LogP contribution in [0.15, 0.2) is 36.7 Å². The highest BCUT2D eigenvalue weighted by Crippen LogP contribution is 2.07. The molecule has 0 unspecified atom stereocenters. The first-order chi connectivity index (χ1) is 10.7. The maximum atomic E-state index is 10.8. The van der Waals surface area contributed by atoms with Crippen molar-refractivity contribution in [2.75, 3.05) is 0 Å². The van der Waals surface area contributed by atoms with Crippen LogP contribution in [0.1, 0.15) is 54.9 Å². The fourth-order valence-electron chi connectivity index (χ4n) is 2.69. The second kappa shape index (κ2) is 7.78. The van der Waals surface area contributed by atoms with E-state index in [0.717, 1.165) is 25.1 Å². The summed E-state index contributed by atoms with van der Waals surface area (Å²) < 4.78 is 4.54. The smallest absolute Gasteiger partial charge is 0.256 e. The third kappa shape index (κ3) is 3.97. The topological polar surface area (TPSA) is 48.9 Å². The third-order valence-corrected chi connectivity index (χ3v) is 3.98. The van der Waals surface area contributed by atoms with Gasteiger partial charge in [-0.15, -0.1) is 0 Å². The molecule has 0 atom stereocenters. The number of imidazole rings is 1. The Bertz CT molecular complexity index is 615. The van der Waals surface area contributed by atoms with Crippen molar-refractivity contribution in [1.29, 1.82) is 0 Å². The van der Waals surface area contributed by atoms with Gasteiger partial charge in [0, 0.05) is 6.42 Å². The first-order valence-corrected chi connectivity index (χ1v) is 8.03. The molecule has 22 heavy (non-hydrogen) atoms. The van der Waals surface area contributed by atoms with E-state index in [4.69, 9.17) is 0 Å². The van der Waals surface area contributed by atoms with Crippen molar-refractivity contribution in [3.05, 3.63) is 53.6 Å². The lowest BCUT2D eigenvalue weighted by molar-refractivity contribution is -0.695. The van der Waals surface area contributed by atoms with Gasteiger partial charge in [0.2, 0.25) is 0 Å². The van der Waals surface area contributed by atoms with Gasteiger partial charge in [-0.3, -0.25) is 0 Å². The van der Waals surface area contributed by atoms with Gasteiger partial charge in [-0.25, -0.2) is 9.13 Å². The predicted octanol–water partition coefficient (Wildman–Crippen LogP) is 1.94. The minimum absolute atomic E-state index is 0.225. The van der Waals surface area contributed by atoms with E-state index >= 15 is 0 Å². The van der Waals surface area contributed by atoms with Crippen LogP contribution in [-0.2, 0) is 19.5 Å². The molecule has 0 saturated carbocycles. The van der Waals surface area contributed by atoms with Gasteiger partial charge < -0.3 is 9.90 Å². The summed E-state index contributed by atoms with van der Waals surface area (Å²) in [6.45, 7) is 6.11. The predicted molar refractivity (Wildman–Crippen MR) is 83.4 cm³/mol. The number of carbonyl (C=O) groups excluding carboxylic acids is 1. The Labute approximate surface area is 132 Å². The normalized spacial score (nSPS) is 10.8. The van der Waals surface area contributed by atoms with Crippen molar-refractivity contribution in [2.45, 2.75) is 52.6 Å². The largest absolute Gasteiger partial charge is 0.545 e. The van der Waals surface area contributed by atoms with Crippen molar-refractivity contribution in [3.63, 3.8) is 0 Å². The highest BCUT2D eigenvalue weighted by atomic mass is 16.4. The summed E-state index contributed by atoms with van der Waals surface area (Å²) in [6.07, 6.45) is 8.97. The fraction of sp³-hybridized carbons (Fsp3) is 0.444. The number of carboxylic acid groups (broad SMARTS) is 1. The molecule has 0 aliphatic heterocycles. The lowest BCUT2D eigenvalue weighted by atomic mass is 10.1. The molecule has 2 aromatic rings. The fourth-order valence-corrected chi connectivity index (χ4v) is 2.69. The molecule has 0 N–H and O–H groups in total. The van der Waals surface area contributed by atoms with E-state index in [1.54, 1.807) is 12.1 Å². The zero-order valence-corrected chi connectivity index (χ0v) is 13.4.